The van der Waals surface area contributed by atoms with E-state index in [9.17, 15) is 0 Å². The molecule has 2 N–H and O–H groups in total. The van der Waals surface area contributed by atoms with Crippen molar-refractivity contribution in [3.8, 4) is 0 Å². The lowest BCUT2D eigenvalue weighted by Gasteiger charge is -2.06. The largest absolute Gasteiger partial charge is 0.326 e. The number of hydrogen-bond donors (Lipinski definition) is 1. The lowest BCUT2D eigenvalue weighted by molar-refractivity contribution is 1.06. The van der Waals surface area contributed by atoms with E-state index in [1.807, 2.05) is 24.0 Å². The second-order valence-corrected chi connectivity index (χ2v) is 5.68. The summed E-state index contributed by atoms with van der Waals surface area (Å²) in [5, 5.41) is 1.20. The average Bonchev–Trinajstić information content (AvgIpc) is 2.53. The van der Waals surface area contributed by atoms with Gasteiger partial charge in [0.05, 0.1) is 5.52 Å². The highest BCUT2D eigenvalue weighted by molar-refractivity contribution is 7.98. The molecule has 3 aromatic rings. The molecule has 3 heteroatoms. The fraction of sp³-hybridized carbons (Fsp3) is 0.118. The van der Waals surface area contributed by atoms with Gasteiger partial charge in [0.1, 0.15) is 0 Å². The zero-order chi connectivity index (χ0) is 13.8. The number of nitrogens with two attached hydrogens (primary N) is 1. The summed E-state index contributed by atoms with van der Waals surface area (Å²) in [7, 11) is 0. The number of benzene rings is 2. The molecule has 0 radical (unpaired) electrons. The molecule has 0 fully saturated rings. The van der Waals surface area contributed by atoms with Crippen LogP contribution >= 0.6 is 11.8 Å². The van der Waals surface area contributed by atoms with E-state index in [0.717, 1.165) is 11.3 Å². The van der Waals surface area contributed by atoms with E-state index in [-0.39, 0.29) is 0 Å². The second kappa shape index (κ2) is 6.07. The molecule has 1 aromatic heterocycles. The maximum atomic E-state index is 5.68. The van der Waals surface area contributed by atoms with Crippen molar-refractivity contribution >= 4 is 22.7 Å². The maximum Gasteiger partial charge on any atom is 0.0742 e. The van der Waals surface area contributed by atoms with Crippen LogP contribution in [0.1, 0.15) is 11.1 Å². The highest BCUT2D eigenvalue weighted by Crippen LogP contribution is 2.26. The molecule has 0 saturated carbocycles. The average molecular weight is 280 g/mol. The van der Waals surface area contributed by atoms with Gasteiger partial charge in [-0.05, 0) is 29.3 Å². The van der Waals surface area contributed by atoms with Gasteiger partial charge in [-0.2, -0.15) is 0 Å². The van der Waals surface area contributed by atoms with Gasteiger partial charge in [0, 0.05) is 28.8 Å². The summed E-state index contributed by atoms with van der Waals surface area (Å²) in [6.07, 6.45) is 1.85. The summed E-state index contributed by atoms with van der Waals surface area (Å²) in [6.45, 7) is 0.588. The van der Waals surface area contributed by atoms with Crippen molar-refractivity contribution in [2.75, 3.05) is 0 Å². The third kappa shape index (κ3) is 2.84. The molecule has 0 bridgehead atoms. The first-order valence-electron chi connectivity index (χ1n) is 6.61. The number of fused-ring (bicyclic) bond motifs is 1. The monoisotopic (exact) mass is 280 g/mol. The Morgan fingerprint density at radius 1 is 1.00 bits per heavy atom. The molecule has 0 spiro atoms. The Morgan fingerprint density at radius 3 is 2.75 bits per heavy atom. The van der Waals surface area contributed by atoms with E-state index < -0.39 is 0 Å². The lowest BCUT2D eigenvalue weighted by atomic mass is 10.1. The van der Waals surface area contributed by atoms with Crippen LogP contribution in [-0.4, -0.2) is 4.98 Å². The smallest absolute Gasteiger partial charge is 0.0742 e. The molecule has 0 amide bonds. The van der Waals surface area contributed by atoms with Crippen molar-refractivity contribution in [1.82, 2.24) is 4.98 Å². The van der Waals surface area contributed by atoms with E-state index >= 15 is 0 Å². The van der Waals surface area contributed by atoms with Crippen LogP contribution in [-0.2, 0) is 12.3 Å². The van der Waals surface area contributed by atoms with Crippen molar-refractivity contribution in [1.29, 1.82) is 0 Å². The fourth-order valence-corrected chi connectivity index (χ4v) is 3.17. The summed E-state index contributed by atoms with van der Waals surface area (Å²) in [6, 6.07) is 18.8. The first-order valence-corrected chi connectivity index (χ1v) is 7.60. The molecular formula is C17H16N2S. The molecule has 2 aromatic carbocycles. The van der Waals surface area contributed by atoms with Crippen LogP contribution < -0.4 is 5.73 Å². The van der Waals surface area contributed by atoms with Crippen molar-refractivity contribution < 1.29 is 0 Å². The van der Waals surface area contributed by atoms with Crippen molar-refractivity contribution in [2.45, 2.75) is 17.2 Å². The predicted octanol–water partition coefficient (Wildman–Crippen LogP) is 3.99. The third-order valence-electron chi connectivity index (χ3n) is 3.24. The second-order valence-electron chi connectivity index (χ2n) is 4.63. The van der Waals surface area contributed by atoms with Gasteiger partial charge in [-0.25, -0.2) is 0 Å². The van der Waals surface area contributed by atoms with E-state index in [1.54, 1.807) is 0 Å². The minimum atomic E-state index is 0.588. The summed E-state index contributed by atoms with van der Waals surface area (Å²) in [4.78, 5) is 5.74. The molecule has 0 aliphatic carbocycles. The van der Waals surface area contributed by atoms with Crippen molar-refractivity contribution in [3.05, 3.63) is 71.9 Å². The van der Waals surface area contributed by atoms with Crippen LogP contribution in [0.4, 0.5) is 0 Å². The molecule has 3 rings (SSSR count). The minimum Gasteiger partial charge on any atom is -0.326 e. The standard InChI is InChI=1S/C17H16N2S/c18-11-13-4-1-8-16(10-13)20-12-15-6-2-5-14-7-3-9-19-17(14)15/h1-10H,11-12,18H2. The minimum absolute atomic E-state index is 0.588. The highest BCUT2D eigenvalue weighted by atomic mass is 32.2. The van der Waals surface area contributed by atoms with Crippen LogP contribution in [0.2, 0.25) is 0 Å². The zero-order valence-electron chi connectivity index (χ0n) is 11.1. The molecule has 0 atom stereocenters. The van der Waals surface area contributed by atoms with E-state index in [0.29, 0.717) is 6.54 Å². The fourth-order valence-electron chi connectivity index (χ4n) is 2.21. The molecular weight excluding hydrogens is 264 g/mol. The summed E-state index contributed by atoms with van der Waals surface area (Å²) in [5.74, 6) is 0.919. The number of hydrogen-bond acceptors (Lipinski definition) is 3. The molecule has 0 aliphatic rings. The lowest BCUT2D eigenvalue weighted by Crippen LogP contribution is -1.95. The van der Waals surface area contributed by atoms with Gasteiger partial charge >= 0.3 is 0 Å². The maximum absolute atomic E-state index is 5.68. The van der Waals surface area contributed by atoms with Gasteiger partial charge in [0.25, 0.3) is 0 Å². The summed E-state index contributed by atoms with van der Waals surface area (Å²) >= 11 is 1.82. The van der Waals surface area contributed by atoms with Crippen LogP contribution in [0, 0.1) is 0 Å². The Morgan fingerprint density at radius 2 is 1.85 bits per heavy atom. The van der Waals surface area contributed by atoms with Crippen molar-refractivity contribution in [2.24, 2.45) is 5.73 Å². The molecule has 20 heavy (non-hydrogen) atoms. The highest BCUT2D eigenvalue weighted by Gasteiger charge is 2.03. The Balaban J connectivity index is 1.83. The first kappa shape index (κ1) is 13.2. The van der Waals surface area contributed by atoms with Crippen molar-refractivity contribution in [3.63, 3.8) is 0 Å². The Bertz CT molecular complexity index is 720. The Hall–Kier alpha value is -1.84. The number of nitrogens with zero attached hydrogens (tertiary/aromatic N) is 1. The van der Waals surface area contributed by atoms with Gasteiger partial charge in [-0.3, -0.25) is 4.98 Å². The van der Waals surface area contributed by atoms with Crippen LogP contribution in [0.15, 0.2) is 65.7 Å². The zero-order valence-corrected chi connectivity index (χ0v) is 11.9. The number of rotatable bonds is 4. The quantitative estimate of drug-likeness (QED) is 0.735. The van der Waals surface area contributed by atoms with E-state index in [1.165, 1.54) is 21.4 Å². The van der Waals surface area contributed by atoms with Gasteiger partial charge in [0.2, 0.25) is 0 Å². The Kier molecular flexibility index (Phi) is 4.00. The first-order chi connectivity index (χ1) is 9.86. The molecule has 100 valence electrons. The number of pyridine rings is 1. The normalized spacial score (nSPS) is 10.8. The third-order valence-corrected chi connectivity index (χ3v) is 4.29. The topological polar surface area (TPSA) is 38.9 Å². The molecule has 0 saturated heterocycles. The number of para-hydroxylation sites is 1. The van der Waals surface area contributed by atoms with Gasteiger partial charge < -0.3 is 5.73 Å². The molecule has 1 heterocycles. The summed E-state index contributed by atoms with van der Waals surface area (Å²) < 4.78 is 0. The predicted molar refractivity (Wildman–Crippen MR) is 85.6 cm³/mol. The van der Waals surface area contributed by atoms with Crippen LogP contribution in [0.3, 0.4) is 0 Å². The summed E-state index contributed by atoms with van der Waals surface area (Å²) in [5.41, 5.74) is 9.22. The molecule has 2 nitrogen and oxygen atoms in total. The van der Waals surface area contributed by atoms with Gasteiger partial charge in [-0.15, -0.1) is 11.8 Å². The van der Waals surface area contributed by atoms with Gasteiger partial charge in [0.15, 0.2) is 0 Å². The number of aromatic nitrogens is 1. The van der Waals surface area contributed by atoms with Gasteiger partial charge in [-0.1, -0.05) is 36.4 Å². The number of thioether (sulfide) groups is 1. The van der Waals surface area contributed by atoms with Crippen LogP contribution in [0.25, 0.3) is 10.9 Å². The van der Waals surface area contributed by atoms with Crippen LogP contribution in [0.5, 0.6) is 0 Å². The molecule has 0 aliphatic heterocycles. The van der Waals surface area contributed by atoms with E-state index in [4.69, 9.17) is 5.73 Å². The van der Waals surface area contributed by atoms with E-state index in [2.05, 4.69) is 53.5 Å². The Labute approximate surface area is 123 Å². The molecule has 0 unspecified atom stereocenters. The SMILES string of the molecule is NCc1cccc(SCc2cccc3cccnc23)c1.